The number of carbonyl (C=O) groups is 2. The Morgan fingerprint density at radius 3 is 2.90 bits per heavy atom. The Balaban J connectivity index is 0.000000589. The molecule has 0 unspecified atom stereocenters. The van der Waals surface area contributed by atoms with Crippen LogP contribution in [0.2, 0.25) is 0 Å². The second kappa shape index (κ2) is 9.63. The van der Waals surface area contributed by atoms with Crippen LogP contribution in [0.15, 0.2) is 29.0 Å². The number of aryl methyl sites for hydroxylation is 1. The van der Waals surface area contributed by atoms with Crippen molar-refractivity contribution in [1.29, 1.82) is 0 Å². The number of aromatic nitrogens is 5. The van der Waals surface area contributed by atoms with Gasteiger partial charge < -0.3 is 24.8 Å². The monoisotopic (exact) mass is 413 g/mol. The molecule has 158 valence electrons. The molecule has 3 aromatic rings. The number of carboxylic acids is 1. The minimum Gasteiger partial charge on any atom is -0.481 e. The topological polar surface area (TPSA) is 150 Å². The molecule has 1 aliphatic rings. The fourth-order valence-corrected chi connectivity index (χ4v) is 2.97. The molecule has 3 aromatic heterocycles. The SMILES string of the molecule is CC(=O)O.Cc1nc2c([nH]1)CN(C(=O)NCCc1nc(-c3cccnc3)no1)CC2. The highest BCUT2D eigenvalue weighted by Crippen LogP contribution is 2.16. The maximum Gasteiger partial charge on any atom is 0.317 e. The third kappa shape index (κ3) is 5.63. The van der Waals surface area contributed by atoms with E-state index in [0.717, 1.165) is 36.1 Å². The number of imidazole rings is 1. The highest BCUT2D eigenvalue weighted by Gasteiger charge is 2.23. The molecule has 2 amide bonds. The fourth-order valence-electron chi connectivity index (χ4n) is 2.97. The Morgan fingerprint density at radius 1 is 1.37 bits per heavy atom. The van der Waals surface area contributed by atoms with Crippen molar-refractivity contribution in [3.05, 3.63) is 47.6 Å². The number of rotatable bonds is 4. The second-order valence-corrected chi connectivity index (χ2v) is 6.67. The normalized spacial score (nSPS) is 12.5. The maximum absolute atomic E-state index is 12.3. The zero-order valence-corrected chi connectivity index (χ0v) is 16.8. The van der Waals surface area contributed by atoms with Gasteiger partial charge in [0.15, 0.2) is 0 Å². The molecule has 1 aliphatic heterocycles. The van der Waals surface area contributed by atoms with Gasteiger partial charge in [-0.25, -0.2) is 9.78 Å². The summed E-state index contributed by atoms with van der Waals surface area (Å²) in [5.41, 5.74) is 2.87. The van der Waals surface area contributed by atoms with Crippen molar-refractivity contribution < 1.29 is 19.2 Å². The van der Waals surface area contributed by atoms with E-state index in [1.165, 1.54) is 0 Å². The number of hydrogen-bond acceptors (Lipinski definition) is 7. The molecule has 0 fully saturated rings. The number of H-pyrrole nitrogens is 1. The molecule has 4 rings (SSSR count). The number of pyridine rings is 1. The van der Waals surface area contributed by atoms with E-state index in [9.17, 15) is 4.79 Å². The average molecular weight is 413 g/mol. The molecular weight excluding hydrogens is 390 g/mol. The van der Waals surface area contributed by atoms with E-state index in [4.69, 9.17) is 14.4 Å². The highest BCUT2D eigenvalue weighted by molar-refractivity contribution is 5.74. The fraction of sp³-hybridized carbons (Fsp3) is 0.368. The van der Waals surface area contributed by atoms with E-state index in [-0.39, 0.29) is 6.03 Å². The zero-order valence-electron chi connectivity index (χ0n) is 16.8. The summed E-state index contributed by atoms with van der Waals surface area (Å²) in [5.74, 6) is 1.03. The first-order chi connectivity index (χ1) is 14.4. The number of carboxylic acid groups (broad SMARTS) is 1. The molecule has 3 N–H and O–H groups in total. The zero-order chi connectivity index (χ0) is 21.5. The van der Waals surface area contributed by atoms with Crippen LogP contribution in [0.5, 0.6) is 0 Å². The van der Waals surface area contributed by atoms with Gasteiger partial charge in [-0.2, -0.15) is 4.98 Å². The standard InChI is InChI=1S/C17H19N7O2.C2H4O2/c1-11-20-13-5-8-24(10-14(13)21-11)17(25)19-7-4-15-22-16(23-26-15)12-3-2-6-18-9-12;1-2(3)4/h2-3,6,9H,4-5,7-8,10H2,1H3,(H,19,25)(H,20,21);1H3,(H,3,4). The summed E-state index contributed by atoms with van der Waals surface area (Å²) in [5, 5.41) is 14.3. The summed E-state index contributed by atoms with van der Waals surface area (Å²) < 4.78 is 5.23. The molecule has 0 radical (unpaired) electrons. The predicted molar refractivity (Wildman–Crippen MR) is 105 cm³/mol. The van der Waals surface area contributed by atoms with Crippen molar-refractivity contribution in [3.8, 4) is 11.4 Å². The van der Waals surface area contributed by atoms with E-state index < -0.39 is 5.97 Å². The Kier molecular flexibility index (Phi) is 6.73. The quantitative estimate of drug-likeness (QED) is 0.583. The average Bonchev–Trinajstić information content (AvgIpc) is 3.33. The second-order valence-electron chi connectivity index (χ2n) is 6.67. The van der Waals surface area contributed by atoms with E-state index in [0.29, 0.717) is 37.8 Å². The number of aliphatic carboxylic acids is 1. The smallest absolute Gasteiger partial charge is 0.317 e. The van der Waals surface area contributed by atoms with Gasteiger partial charge in [0.1, 0.15) is 5.82 Å². The van der Waals surface area contributed by atoms with Crippen LogP contribution >= 0.6 is 0 Å². The lowest BCUT2D eigenvalue weighted by atomic mass is 10.1. The molecule has 0 bridgehead atoms. The number of amides is 2. The number of nitrogens with one attached hydrogen (secondary N) is 2. The predicted octanol–water partition coefficient (Wildman–Crippen LogP) is 1.56. The first kappa shape index (κ1) is 21.0. The molecule has 0 saturated heterocycles. The van der Waals surface area contributed by atoms with Crippen molar-refractivity contribution in [1.82, 2.24) is 35.3 Å². The molecule has 4 heterocycles. The van der Waals surface area contributed by atoms with Crippen LogP contribution in [0.3, 0.4) is 0 Å². The van der Waals surface area contributed by atoms with Crippen LogP contribution in [0.4, 0.5) is 4.79 Å². The minimum atomic E-state index is -0.833. The Hall–Kier alpha value is -3.76. The molecule has 11 heteroatoms. The number of nitrogens with zero attached hydrogens (tertiary/aromatic N) is 5. The van der Waals surface area contributed by atoms with Gasteiger partial charge in [0.05, 0.1) is 17.9 Å². The van der Waals surface area contributed by atoms with E-state index >= 15 is 0 Å². The number of hydrogen-bond donors (Lipinski definition) is 3. The van der Waals surface area contributed by atoms with Crippen LogP contribution in [-0.4, -0.2) is 60.2 Å². The van der Waals surface area contributed by atoms with Crippen LogP contribution in [0.1, 0.15) is 30.0 Å². The molecule has 0 spiro atoms. The minimum absolute atomic E-state index is 0.102. The van der Waals surface area contributed by atoms with E-state index in [1.54, 1.807) is 17.3 Å². The summed E-state index contributed by atoms with van der Waals surface area (Å²) >= 11 is 0. The van der Waals surface area contributed by atoms with Gasteiger partial charge in [-0.3, -0.25) is 9.78 Å². The van der Waals surface area contributed by atoms with Crippen LogP contribution in [-0.2, 0) is 24.2 Å². The molecule has 0 saturated carbocycles. The van der Waals surface area contributed by atoms with Gasteiger partial charge >= 0.3 is 6.03 Å². The lowest BCUT2D eigenvalue weighted by molar-refractivity contribution is -0.134. The number of aromatic amines is 1. The van der Waals surface area contributed by atoms with Gasteiger partial charge in [-0.15, -0.1) is 0 Å². The first-order valence-corrected chi connectivity index (χ1v) is 9.42. The van der Waals surface area contributed by atoms with Crippen molar-refractivity contribution in [3.63, 3.8) is 0 Å². The van der Waals surface area contributed by atoms with Crippen LogP contribution in [0.25, 0.3) is 11.4 Å². The number of fused-ring (bicyclic) bond motifs is 1. The van der Waals surface area contributed by atoms with Crippen LogP contribution < -0.4 is 5.32 Å². The van der Waals surface area contributed by atoms with Crippen molar-refractivity contribution in [2.75, 3.05) is 13.1 Å². The maximum atomic E-state index is 12.3. The van der Waals surface area contributed by atoms with Crippen molar-refractivity contribution in [2.24, 2.45) is 0 Å². The summed E-state index contributed by atoms with van der Waals surface area (Å²) in [7, 11) is 0. The third-order valence-corrected chi connectivity index (χ3v) is 4.24. The van der Waals surface area contributed by atoms with Gasteiger partial charge in [0, 0.05) is 50.8 Å². The van der Waals surface area contributed by atoms with Crippen molar-refractivity contribution >= 4 is 12.0 Å². The van der Waals surface area contributed by atoms with E-state index in [2.05, 4.69) is 30.4 Å². The summed E-state index contributed by atoms with van der Waals surface area (Å²) in [6.45, 7) is 4.65. The largest absolute Gasteiger partial charge is 0.481 e. The highest BCUT2D eigenvalue weighted by atomic mass is 16.5. The molecule has 30 heavy (non-hydrogen) atoms. The molecule has 0 aliphatic carbocycles. The summed E-state index contributed by atoms with van der Waals surface area (Å²) in [6, 6.07) is 3.58. The van der Waals surface area contributed by atoms with E-state index in [1.807, 2.05) is 19.1 Å². The number of urea groups is 1. The summed E-state index contributed by atoms with van der Waals surface area (Å²) in [6.07, 6.45) is 4.61. The lowest BCUT2D eigenvalue weighted by Gasteiger charge is -2.26. The molecule has 0 aromatic carbocycles. The van der Waals surface area contributed by atoms with Crippen LogP contribution in [0, 0.1) is 6.92 Å². The van der Waals surface area contributed by atoms with Gasteiger partial charge in [-0.05, 0) is 19.1 Å². The molecule has 11 nitrogen and oxygen atoms in total. The number of carbonyl (C=O) groups excluding carboxylic acids is 1. The van der Waals surface area contributed by atoms with Gasteiger partial charge in [0.2, 0.25) is 11.7 Å². The summed E-state index contributed by atoms with van der Waals surface area (Å²) in [4.78, 5) is 39.1. The molecule has 0 atom stereocenters. The van der Waals surface area contributed by atoms with Crippen molar-refractivity contribution in [2.45, 2.75) is 33.2 Å². The third-order valence-electron chi connectivity index (χ3n) is 4.24. The van der Waals surface area contributed by atoms with Gasteiger partial charge in [-0.1, -0.05) is 5.16 Å². The molecular formula is C19H23N7O4. The Labute approximate surface area is 172 Å². The lowest BCUT2D eigenvalue weighted by Crippen LogP contribution is -2.43. The first-order valence-electron chi connectivity index (χ1n) is 9.42. The Morgan fingerprint density at radius 2 is 2.17 bits per heavy atom. The Bertz CT molecular complexity index is 995. The van der Waals surface area contributed by atoms with Gasteiger partial charge in [0.25, 0.3) is 5.97 Å².